The van der Waals surface area contributed by atoms with Gasteiger partial charge in [-0.05, 0) is 24.6 Å². The van der Waals surface area contributed by atoms with Gasteiger partial charge in [-0.15, -0.1) is 0 Å². The first-order valence-electron chi connectivity index (χ1n) is 4.43. The maximum atomic E-state index is 12.0. The predicted molar refractivity (Wildman–Crippen MR) is 61.6 cm³/mol. The van der Waals surface area contributed by atoms with Crippen molar-refractivity contribution in [3.05, 3.63) is 29.3 Å². The second-order valence-corrected chi connectivity index (χ2v) is 3.63. The Morgan fingerprint density at radius 2 is 2.20 bits per heavy atom. The average Bonchev–Trinajstić information content (AvgIpc) is 2.14. The van der Waals surface area contributed by atoms with E-state index >= 15 is 0 Å². The molecule has 1 aromatic rings. The lowest BCUT2D eigenvalue weighted by Gasteiger charge is -2.11. The number of anilines is 1. The van der Waals surface area contributed by atoms with Crippen LogP contribution in [0.3, 0.4) is 0 Å². The summed E-state index contributed by atoms with van der Waals surface area (Å²) in [5.41, 5.74) is 7.59. The van der Waals surface area contributed by atoms with Crippen molar-refractivity contribution in [1.29, 1.82) is 0 Å². The molecule has 0 unspecified atom stereocenters. The molecular weight excluding hydrogens is 218 g/mol. The maximum absolute atomic E-state index is 12.0. The van der Waals surface area contributed by atoms with E-state index in [0.717, 1.165) is 5.56 Å². The summed E-state index contributed by atoms with van der Waals surface area (Å²) in [5.74, 6) is 0. The fourth-order valence-electron chi connectivity index (χ4n) is 1.21. The minimum Gasteiger partial charge on any atom is -0.389 e. The van der Waals surface area contributed by atoms with E-state index in [0.29, 0.717) is 11.3 Å². The summed E-state index contributed by atoms with van der Waals surface area (Å²) < 4.78 is 24.1. The highest BCUT2D eigenvalue weighted by Crippen LogP contribution is 2.17. The first kappa shape index (κ1) is 11.8. The number of halogens is 2. The summed E-state index contributed by atoms with van der Waals surface area (Å²) in [6, 6.07) is 5.31. The second kappa shape index (κ2) is 5.02. The topological polar surface area (TPSA) is 38.0 Å². The Labute approximate surface area is 92.5 Å². The monoisotopic (exact) mass is 230 g/mol. The van der Waals surface area contributed by atoms with E-state index in [1.807, 2.05) is 13.0 Å². The van der Waals surface area contributed by atoms with E-state index in [1.165, 1.54) is 0 Å². The van der Waals surface area contributed by atoms with Gasteiger partial charge in [-0.25, -0.2) is 8.78 Å². The molecule has 0 saturated heterocycles. The molecule has 1 aromatic carbocycles. The van der Waals surface area contributed by atoms with Gasteiger partial charge < -0.3 is 11.1 Å². The molecular formula is C10H12F2N2S. The number of aryl methyl sites for hydroxylation is 1. The number of hydrogen-bond acceptors (Lipinski definition) is 2. The third-order valence-electron chi connectivity index (χ3n) is 1.89. The second-order valence-electron chi connectivity index (χ2n) is 3.19. The Kier molecular flexibility index (Phi) is 3.96. The molecule has 0 aliphatic carbocycles. The first-order valence-corrected chi connectivity index (χ1v) is 4.84. The molecule has 2 nitrogen and oxygen atoms in total. The summed E-state index contributed by atoms with van der Waals surface area (Å²) in [5, 5.41) is 2.62. The van der Waals surface area contributed by atoms with Crippen LogP contribution in [0.25, 0.3) is 0 Å². The van der Waals surface area contributed by atoms with Crippen LogP contribution in [-0.4, -0.2) is 18.0 Å². The van der Waals surface area contributed by atoms with Gasteiger partial charge in [-0.3, -0.25) is 0 Å². The zero-order valence-electron chi connectivity index (χ0n) is 8.26. The van der Waals surface area contributed by atoms with Gasteiger partial charge in [0.15, 0.2) is 0 Å². The van der Waals surface area contributed by atoms with Crippen LogP contribution in [0.4, 0.5) is 14.5 Å². The van der Waals surface area contributed by atoms with Crippen LogP contribution in [0.15, 0.2) is 18.2 Å². The molecule has 0 saturated carbocycles. The van der Waals surface area contributed by atoms with Gasteiger partial charge in [0.25, 0.3) is 6.43 Å². The lowest BCUT2D eigenvalue weighted by atomic mass is 10.1. The number of benzene rings is 1. The molecule has 1 rings (SSSR count). The molecule has 0 heterocycles. The van der Waals surface area contributed by atoms with Crippen LogP contribution in [0.1, 0.15) is 11.1 Å². The van der Waals surface area contributed by atoms with Crippen molar-refractivity contribution in [2.45, 2.75) is 13.3 Å². The van der Waals surface area contributed by atoms with Crippen LogP contribution in [0, 0.1) is 6.92 Å². The van der Waals surface area contributed by atoms with E-state index in [4.69, 9.17) is 18.0 Å². The molecule has 15 heavy (non-hydrogen) atoms. The van der Waals surface area contributed by atoms with Crippen LogP contribution >= 0.6 is 12.2 Å². The van der Waals surface area contributed by atoms with Crippen molar-refractivity contribution in [2.75, 3.05) is 11.9 Å². The molecule has 0 bridgehead atoms. The van der Waals surface area contributed by atoms with Crippen molar-refractivity contribution in [2.24, 2.45) is 5.73 Å². The minimum absolute atomic E-state index is 0.201. The van der Waals surface area contributed by atoms with Gasteiger partial charge >= 0.3 is 0 Å². The molecule has 0 aliphatic heterocycles. The van der Waals surface area contributed by atoms with Crippen molar-refractivity contribution in [3.8, 4) is 0 Å². The van der Waals surface area contributed by atoms with Gasteiger partial charge in [0, 0.05) is 11.3 Å². The van der Waals surface area contributed by atoms with Crippen molar-refractivity contribution >= 4 is 22.9 Å². The van der Waals surface area contributed by atoms with Crippen LogP contribution in [0.5, 0.6) is 0 Å². The molecule has 0 radical (unpaired) electrons. The molecule has 82 valence electrons. The van der Waals surface area contributed by atoms with E-state index in [1.54, 1.807) is 12.1 Å². The Bertz CT molecular complexity index is 366. The van der Waals surface area contributed by atoms with E-state index in [9.17, 15) is 8.78 Å². The summed E-state index contributed by atoms with van der Waals surface area (Å²) in [6.07, 6.45) is -2.40. The highest BCUT2D eigenvalue weighted by atomic mass is 32.1. The summed E-state index contributed by atoms with van der Waals surface area (Å²) in [7, 11) is 0. The highest BCUT2D eigenvalue weighted by Gasteiger charge is 2.07. The van der Waals surface area contributed by atoms with Gasteiger partial charge in [0.05, 0.1) is 6.54 Å². The zero-order valence-corrected chi connectivity index (χ0v) is 9.07. The van der Waals surface area contributed by atoms with Crippen LogP contribution in [0.2, 0.25) is 0 Å². The average molecular weight is 230 g/mol. The standard InChI is InChI=1S/C10H12F2N2S/c1-6-2-3-7(10(13)15)8(4-6)14-5-9(11)12/h2-4,9,14H,5H2,1H3,(H2,13,15). The number of nitrogens with one attached hydrogen (secondary N) is 1. The van der Waals surface area contributed by atoms with E-state index in [-0.39, 0.29) is 4.99 Å². The molecule has 0 fully saturated rings. The molecule has 0 spiro atoms. The summed E-state index contributed by atoms with van der Waals surface area (Å²) >= 11 is 4.82. The van der Waals surface area contributed by atoms with Crippen molar-refractivity contribution in [1.82, 2.24) is 0 Å². The molecule has 0 aliphatic rings. The molecule has 0 aromatic heterocycles. The Morgan fingerprint density at radius 3 is 2.73 bits per heavy atom. The molecule has 0 atom stereocenters. The SMILES string of the molecule is Cc1ccc(C(N)=S)c(NCC(F)F)c1. The normalized spacial score (nSPS) is 10.4. The molecule has 0 amide bonds. The zero-order chi connectivity index (χ0) is 11.4. The number of rotatable bonds is 4. The fourth-order valence-corrected chi connectivity index (χ4v) is 1.38. The minimum atomic E-state index is -2.40. The highest BCUT2D eigenvalue weighted by molar-refractivity contribution is 7.80. The third-order valence-corrected chi connectivity index (χ3v) is 2.11. The lowest BCUT2D eigenvalue weighted by molar-refractivity contribution is 0.163. The smallest absolute Gasteiger partial charge is 0.255 e. The van der Waals surface area contributed by atoms with Crippen molar-refractivity contribution < 1.29 is 8.78 Å². The fraction of sp³-hybridized carbons (Fsp3) is 0.300. The Balaban J connectivity index is 2.92. The Morgan fingerprint density at radius 1 is 1.53 bits per heavy atom. The first-order chi connectivity index (χ1) is 7.00. The third kappa shape index (κ3) is 3.43. The van der Waals surface area contributed by atoms with E-state index in [2.05, 4.69) is 5.32 Å². The number of nitrogens with two attached hydrogens (primary N) is 1. The number of alkyl halides is 2. The maximum Gasteiger partial charge on any atom is 0.255 e. The molecule has 5 heteroatoms. The summed E-state index contributed by atoms with van der Waals surface area (Å²) in [4.78, 5) is 0.201. The van der Waals surface area contributed by atoms with Crippen molar-refractivity contribution in [3.63, 3.8) is 0 Å². The number of hydrogen-bond donors (Lipinski definition) is 2. The van der Waals surface area contributed by atoms with Gasteiger partial charge in [-0.2, -0.15) is 0 Å². The quantitative estimate of drug-likeness (QED) is 0.779. The Hall–Kier alpha value is -1.23. The van der Waals surface area contributed by atoms with Crippen LogP contribution < -0.4 is 11.1 Å². The van der Waals surface area contributed by atoms with Gasteiger partial charge in [0.1, 0.15) is 4.99 Å². The number of thiocarbonyl (C=S) groups is 1. The lowest BCUT2D eigenvalue weighted by Crippen LogP contribution is -2.16. The summed E-state index contributed by atoms with van der Waals surface area (Å²) in [6.45, 7) is 1.47. The predicted octanol–water partition coefficient (Wildman–Crippen LogP) is 2.31. The largest absolute Gasteiger partial charge is 0.389 e. The van der Waals surface area contributed by atoms with Crippen LogP contribution in [-0.2, 0) is 0 Å². The van der Waals surface area contributed by atoms with Gasteiger partial charge in [0.2, 0.25) is 0 Å². The molecule has 3 N–H and O–H groups in total. The van der Waals surface area contributed by atoms with Gasteiger partial charge in [-0.1, -0.05) is 18.3 Å². The van der Waals surface area contributed by atoms with E-state index < -0.39 is 13.0 Å².